The van der Waals surface area contributed by atoms with Crippen LogP contribution in [0.5, 0.6) is 11.5 Å². The Labute approximate surface area is 308 Å². The fraction of sp³-hybridized carbons (Fsp3) is 0.432. The van der Waals surface area contributed by atoms with Crippen LogP contribution in [0.2, 0.25) is 0 Å². The minimum absolute atomic E-state index is 0. The van der Waals surface area contributed by atoms with Gasteiger partial charge in [0, 0.05) is 50.8 Å². The number of nitrogens with one attached hydrogen (secondary N) is 3. The average molecular weight is 730 g/mol. The van der Waals surface area contributed by atoms with Gasteiger partial charge in [-0.3, -0.25) is 24.9 Å². The van der Waals surface area contributed by atoms with Crippen molar-refractivity contribution in [2.45, 2.75) is 46.1 Å². The summed E-state index contributed by atoms with van der Waals surface area (Å²) in [5.74, 6) is -0.0229. The molecule has 16 heteroatoms. The zero-order valence-electron chi connectivity index (χ0n) is 30.6. The van der Waals surface area contributed by atoms with Gasteiger partial charge in [-0.25, -0.2) is 14.3 Å². The maximum atomic E-state index is 13.4. The number of nitrogens with zero attached hydrogens (tertiary/aromatic N) is 6. The number of hydrogen-bond acceptors (Lipinski definition) is 13. The SMILES string of the molecule is CCOC(=O)C1CCN(CCNC(=O)C(=N)c2cnc(-c3cnn4cccnc34)cc2Nc2cc3c(cc2OC)N(C(=O)OC(C)(C)C)CCO3)CC1.[HH]. The second-order valence-corrected chi connectivity index (χ2v) is 13.7. The van der Waals surface area contributed by atoms with E-state index in [4.69, 9.17) is 24.4 Å². The smallest absolute Gasteiger partial charge is 0.415 e. The summed E-state index contributed by atoms with van der Waals surface area (Å²) in [6.45, 7) is 10.5. The zero-order chi connectivity index (χ0) is 37.7. The normalized spacial score (nSPS) is 14.9. The zero-order valence-corrected chi connectivity index (χ0v) is 30.6. The molecule has 0 spiro atoms. The fourth-order valence-electron chi connectivity index (χ4n) is 6.27. The van der Waals surface area contributed by atoms with E-state index in [0.29, 0.717) is 84.5 Å². The molecular formula is C37H47N9O7. The highest BCUT2D eigenvalue weighted by Crippen LogP contribution is 2.42. The van der Waals surface area contributed by atoms with Crippen molar-refractivity contribution >= 4 is 46.4 Å². The molecule has 0 radical (unpaired) electrons. The van der Waals surface area contributed by atoms with Gasteiger partial charge in [0.1, 0.15) is 29.4 Å². The van der Waals surface area contributed by atoms with Crippen molar-refractivity contribution < 1.29 is 34.8 Å². The van der Waals surface area contributed by atoms with Gasteiger partial charge in [-0.1, -0.05) is 0 Å². The Hall–Kier alpha value is -5.77. The van der Waals surface area contributed by atoms with E-state index in [1.165, 1.54) is 18.2 Å². The number of esters is 1. The molecule has 2 amide bonds. The van der Waals surface area contributed by atoms with Gasteiger partial charge >= 0.3 is 12.1 Å². The number of fused-ring (bicyclic) bond motifs is 2. The Kier molecular flexibility index (Phi) is 11.1. The number of methoxy groups -OCH3 is 1. The molecule has 16 nitrogen and oxygen atoms in total. The molecule has 1 fully saturated rings. The van der Waals surface area contributed by atoms with Crippen LogP contribution in [0.15, 0.2) is 49.1 Å². The second kappa shape index (κ2) is 15.9. The maximum absolute atomic E-state index is 13.4. The number of carbonyl (C=O) groups is 3. The molecular weight excluding hydrogens is 682 g/mol. The summed E-state index contributed by atoms with van der Waals surface area (Å²) in [6.07, 6.45) is 7.46. The van der Waals surface area contributed by atoms with Gasteiger partial charge in [0.05, 0.1) is 60.7 Å². The van der Waals surface area contributed by atoms with Crippen LogP contribution in [0.1, 0.15) is 47.5 Å². The van der Waals surface area contributed by atoms with Crippen LogP contribution >= 0.6 is 0 Å². The second-order valence-electron chi connectivity index (χ2n) is 13.7. The van der Waals surface area contributed by atoms with Crippen LogP contribution in [-0.4, -0.2) is 107 Å². The average Bonchev–Trinajstić information content (AvgIpc) is 3.58. The van der Waals surface area contributed by atoms with Crippen molar-refractivity contribution in [2.75, 3.05) is 63.3 Å². The van der Waals surface area contributed by atoms with Crippen LogP contribution in [0.25, 0.3) is 16.9 Å². The number of anilines is 3. The van der Waals surface area contributed by atoms with Gasteiger partial charge in [0.15, 0.2) is 5.65 Å². The first kappa shape index (κ1) is 37.0. The van der Waals surface area contributed by atoms with E-state index < -0.39 is 17.6 Å². The summed E-state index contributed by atoms with van der Waals surface area (Å²) in [5, 5.41) is 19.5. The third-order valence-corrected chi connectivity index (χ3v) is 8.90. The first-order valence-electron chi connectivity index (χ1n) is 17.6. The summed E-state index contributed by atoms with van der Waals surface area (Å²) in [5.41, 5.74) is 2.34. The molecule has 0 bridgehead atoms. The molecule has 5 heterocycles. The molecule has 282 valence electrons. The number of benzene rings is 1. The third-order valence-electron chi connectivity index (χ3n) is 8.90. The highest BCUT2D eigenvalue weighted by Gasteiger charge is 2.31. The molecule has 0 unspecified atom stereocenters. The lowest BCUT2D eigenvalue weighted by atomic mass is 9.97. The van der Waals surface area contributed by atoms with E-state index in [2.05, 4.69) is 30.6 Å². The minimum Gasteiger partial charge on any atom is -0.494 e. The number of piperidine rings is 1. The molecule has 1 saturated heterocycles. The number of ether oxygens (including phenoxy) is 4. The first-order valence-corrected chi connectivity index (χ1v) is 17.6. The van der Waals surface area contributed by atoms with Gasteiger partial charge in [-0.2, -0.15) is 5.10 Å². The van der Waals surface area contributed by atoms with Crippen LogP contribution < -0.4 is 25.0 Å². The maximum Gasteiger partial charge on any atom is 0.415 e. The van der Waals surface area contributed by atoms with Crippen molar-refractivity contribution in [1.82, 2.24) is 29.8 Å². The summed E-state index contributed by atoms with van der Waals surface area (Å²) in [7, 11) is 1.51. The Morgan fingerprint density at radius 3 is 2.60 bits per heavy atom. The quantitative estimate of drug-likeness (QED) is 0.143. The van der Waals surface area contributed by atoms with E-state index >= 15 is 0 Å². The van der Waals surface area contributed by atoms with Gasteiger partial charge < -0.3 is 34.5 Å². The van der Waals surface area contributed by atoms with E-state index in [0.717, 1.165) is 13.1 Å². The van der Waals surface area contributed by atoms with Crippen LogP contribution in [0.3, 0.4) is 0 Å². The number of likely N-dealkylation sites (tertiary alicyclic amines) is 1. The van der Waals surface area contributed by atoms with Crippen molar-refractivity contribution in [2.24, 2.45) is 5.92 Å². The predicted octanol–water partition coefficient (Wildman–Crippen LogP) is 4.68. The first-order chi connectivity index (χ1) is 25.5. The van der Waals surface area contributed by atoms with Crippen LogP contribution in [-0.2, 0) is 19.1 Å². The highest BCUT2D eigenvalue weighted by molar-refractivity contribution is 6.45. The Morgan fingerprint density at radius 1 is 1.08 bits per heavy atom. The molecule has 0 aliphatic carbocycles. The lowest BCUT2D eigenvalue weighted by Crippen LogP contribution is -2.42. The van der Waals surface area contributed by atoms with E-state index in [1.807, 2.05) is 0 Å². The van der Waals surface area contributed by atoms with Crippen molar-refractivity contribution in [3.05, 3.63) is 54.6 Å². The van der Waals surface area contributed by atoms with Gasteiger partial charge in [-0.05, 0) is 65.8 Å². The molecule has 1 aromatic carbocycles. The van der Waals surface area contributed by atoms with Crippen molar-refractivity contribution in [3.8, 4) is 22.8 Å². The number of carbonyl (C=O) groups excluding carboxylic acids is 3. The summed E-state index contributed by atoms with van der Waals surface area (Å²) >= 11 is 0. The summed E-state index contributed by atoms with van der Waals surface area (Å²) in [6, 6.07) is 6.89. The predicted molar refractivity (Wildman–Crippen MR) is 199 cm³/mol. The fourth-order valence-corrected chi connectivity index (χ4v) is 6.27. The lowest BCUT2D eigenvalue weighted by Gasteiger charge is -2.32. The molecule has 2 aliphatic rings. The van der Waals surface area contributed by atoms with Crippen LogP contribution in [0, 0.1) is 11.3 Å². The van der Waals surface area contributed by atoms with Gasteiger partial charge in [-0.15, -0.1) is 0 Å². The van der Waals surface area contributed by atoms with E-state index in [9.17, 15) is 14.4 Å². The van der Waals surface area contributed by atoms with Crippen LogP contribution in [0.4, 0.5) is 21.9 Å². The number of rotatable bonds is 11. The Morgan fingerprint density at radius 2 is 1.87 bits per heavy atom. The third kappa shape index (κ3) is 8.49. The molecule has 3 aromatic heterocycles. The Bertz CT molecular complexity index is 2010. The van der Waals surface area contributed by atoms with Gasteiger partial charge in [0.2, 0.25) is 0 Å². The standard InChI is InChI=1S/C37H45N9O7.H2/c1-6-51-35(48)23-8-13-44(14-9-23)15-11-40-34(47)32(38)24-21-41-26(25-22-42-46-12-7-10-39-33(25)46)18-27(24)43-28-19-31-29(20-30(28)50-5)45(16-17-52-31)36(49)53-37(2,3)4;/h7,10,12,18-23,38H,6,8-9,11,13-17H2,1-5H3,(H,40,47)(H,41,43);1H. The number of pyridine rings is 1. The van der Waals surface area contributed by atoms with Crippen molar-refractivity contribution in [1.29, 1.82) is 5.41 Å². The van der Waals surface area contributed by atoms with E-state index in [-0.39, 0.29) is 31.2 Å². The number of hydrogen-bond donors (Lipinski definition) is 3. The molecule has 3 N–H and O–H groups in total. The monoisotopic (exact) mass is 729 g/mol. The Balaban J connectivity index is 0.00000561. The minimum atomic E-state index is -0.688. The molecule has 0 saturated carbocycles. The van der Waals surface area contributed by atoms with Gasteiger partial charge in [0.25, 0.3) is 5.91 Å². The van der Waals surface area contributed by atoms with Crippen molar-refractivity contribution in [3.63, 3.8) is 0 Å². The number of amides is 2. The summed E-state index contributed by atoms with van der Waals surface area (Å²) in [4.78, 5) is 51.4. The lowest BCUT2D eigenvalue weighted by molar-refractivity contribution is -0.149. The molecule has 4 aromatic rings. The topological polar surface area (TPSA) is 186 Å². The molecule has 6 rings (SSSR count). The molecule has 0 atom stereocenters. The number of aromatic nitrogens is 4. The largest absolute Gasteiger partial charge is 0.494 e. The molecule has 2 aliphatic heterocycles. The van der Waals surface area contributed by atoms with E-state index in [1.54, 1.807) is 75.1 Å². The molecule has 53 heavy (non-hydrogen) atoms. The highest BCUT2D eigenvalue weighted by atomic mass is 16.6. The summed E-state index contributed by atoms with van der Waals surface area (Å²) < 4.78 is 24.2.